The molecule has 1 unspecified atom stereocenters. The van der Waals surface area contributed by atoms with E-state index in [1.54, 1.807) is 23.5 Å². The highest BCUT2D eigenvalue weighted by Crippen LogP contribution is 2.25. The molecule has 3 rings (SSSR count). The number of carbonyl (C=O) groups is 1. The third kappa shape index (κ3) is 5.02. The van der Waals surface area contributed by atoms with E-state index in [9.17, 15) is 9.18 Å². The molecule has 0 bridgehead atoms. The Balaban J connectivity index is 1.61. The second-order valence-electron chi connectivity index (χ2n) is 6.40. The zero-order valence-corrected chi connectivity index (χ0v) is 16.2. The van der Waals surface area contributed by atoms with Crippen LogP contribution < -0.4 is 10.2 Å². The summed E-state index contributed by atoms with van der Waals surface area (Å²) < 4.78 is 18.6. The summed E-state index contributed by atoms with van der Waals surface area (Å²) in [6.45, 7) is 6.31. The van der Waals surface area contributed by atoms with Gasteiger partial charge in [-0.05, 0) is 49.6 Å². The van der Waals surface area contributed by atoms with Crippen molar-refractivity contribution in [2.45, 2.75) is 26.9 Å². The molecule has 0 spiro atoms. The van der Waals surface area contributed by atoms with Gasteiger partial charge in [-0.3, -0.25) is 4.79 Å². The first-order chi connectivity index (χ1) is 13.1. The summed E-state index contributed by atoms with van der Waals surface area (Å²) in [5, 5.41) is 9.13. The van der Waals surface area contributed by atoms with E-state index >= 15 is 0 Å². The summed E-state index contributed by atoms with van der Waals surface area (Å²) in [4.78, 5) is 14.5. The summed E-state index contributed by atoms with van der Waals surface area (Å²) in [7, 11) is 0. The number of amides is 1. The molecule has 1 atom stereocenters. The van der Waals surface area contributed by atoms with Crippen LogP contribution in [0.4, 0.5) is 4.39 Å². The number of hydrogen-bond donors (Lipinski definition) is 2. The van der Waals surface area contributed by atoms with Crippen molar-refractivity contribution in [3.8, 4) is 11.3 Å². The molecule has 0 aliphatic carbocycles. The molecule has 142 valence electrons. The number of nitrogens with one attached hydrogen (secondary N) is 2. The molecule has 1 amide bonds. The molecule has 0 aliphatic rings. The number of carbonyl (C=O) groups excluding carboxylic acids is 1. The number of hydrogen-bond acceptors (Lipinski definition) is 4. The van der Waals surface area contributed by atoms with Gasteiger partial charge < -0.3 is 14.7 Å². The molecule has 27 heavy (non-hydrogen) atoms. The van der Waals surface area contributed by atoms with Gasteiger partial charge in [0, 0.05) is 16.0 Å². The second-order valence-corrected chi connectivity index (χ2v) is 7.44. The monoisotopic (exact) mass is 388 g/mol. The van der Waals surface area contributed by atoms with Gasteiger partial charge in [0.15, 0.2) is 12.3 Å². The van der Waals surface area contributed by atoms with Crippen LogP contribution >= 0.6 is 11.3 Å². The molecule has 0 radical (unpaired) electrons. The van der Waals surface area contributed by atoms with E-state index in [0.717, 1.165) is 33.1 Å². The molecule has 2 N–H and O–H groups in total. The largest absolute Gasteiger partial charge is 0.356 e. The molecule has 0 aliphatic heterocycles. The fourth-order valence-corrected chi connectivity index (χ4v) is 3.49. The average Bonchev–Trinajstić information content (AvgIpc) is 3.31. The van der Waals surface area contributed by atoms with E-state index in [1.807, 2.05) is 31.4 Å². The van der Waals surface area contributed by atoms with E-state index in [0.29, 0.717) is 25.4 Å². The lowest BCUT2D eigenvalue weighted by molar-refractivity contribution is -0.904. The van der Waals surface area contributed by atoms with Crippen LogP contribution in [0.25, 0.3) is 11.3 Å². The maximum Gasteiger partial charge on any atom is 0.275 e. The number of rotatable bonds is 8. The lowest BCUT2D eigenvalue weighted by Crippen LogP contribution is -3.11. The number of quaternary nitrogens is 1. The highest BCUT2D eigenvalue weighted by atomic mass is 32.1. The van der Waals surface area contributed by atoms with Crippen LogP contribution in [0.3, 0.4) is 0 Å². The fourth-order valence-electron chi connectivity index (χ4n) is 2.84. The first-order valence-electron chi connectivity index (χ1n) is 8.90. The van der Waals surface area contributed by atoms with Gasteiger partial charge in [-0.2, -0.15) is 0 Å². The minimum atomic E-state index is -0.286. The van der Waals surface area contributed by atoms with Crippen molar-refractivity contribution in [3.05, 3.63) is 63.7 Å². The van der Waals surface area contributed by atoms with Crippen LogP contribution in [0.15, 0.2) is 46.3 Å². The maximum atomic E-state index is 13.1. The van der Waals surface area contributed by atoms with Crippen LogP contribution in [0.2, 0.25) is 0 Å². The summed E-state index contributed by atoms with van der Waals surface area (Å²) in [5.41, 5.74) is 2.53. The Labute approximate surface area is 161 Å². The summed E-state index contributed by atoms with van der Waals surface area (Å²) in [5.74, 6) is 0.370. The molecular formula is C20H23FN3O2S+. The third-order valence-electron chi connectivity index (χ3n) is 4.49. The Morgan fingerprint density at radius 1 is 1.30 bits per heavy atom. The van der Waals surface area contributed by atoms with Crippen LogP contribution in [-0.4, -0.2) is 24.2 Å². The van der Waals surface area contributed by atoms with Gasteiger partial charge >= 0.3 is 0 Å². The van der Waals surface area contributed by atoms with Gasteiger partial charge in [-0.15, -0.1) is 11.3 Å². The number of halogens is 1. The van der Waals surface area contributed by atoms with Crippen molar-refractivity contribution in [2.75, 3.05) is 13.1 Å². The Morgan fingerprint density at radius 2 is 2.07 bits per heavy atom. The Kier molecular flexibility index (Phi) is 6.36. The Bertz CT molecular complexity index is 875. The van der Waals surface area contributed by atoms with Crippen LogP contribution in [0.5, 0.6) is 0 Å². The molecule has 2 heterocycles. The molecule has 1 aromatic carbocycles. The van der Waals surface area contributed by atoms with Gasteiger partial charge in [-0.1, -0.05) is 11.2 Å². The lowest BCUT2D eigenvalue weighted by Gasteiger charge is -2.16. The topological polar surface area (TPSA) is 59.6 Å². The second kappa shape index (κ2) is 8.92. The Morgan fingerprint density at radius 3 is 2.74 bits per heavy atom. The van der Waals surface area contributed by atoms with Crippen molar-refractivity contribution in [1.29, 1.82) is 0 Å². The SMILES string of the molecule is CC[NH+](CC(=O)NCc1cccs1)Cc1noc(-c2ccc(F)cc2)c1C. The highest BCUT2D eigenvalue weighted by molar-refractivity contribution is 7.09. The smallest absolute Gasteiger partial charge is 0.275 e. The summed E-state index contributed by atoms with van der Waals surface area (Å²) in [6, 6.07) is 10.1. The molecule has 3 aromatic rings. The van der Waals surface area contributed by atoms with Gasteiger partial charge in [0.2, 0.25) is 0 Å². The van der Waals surface area contributed by atoms with E-state index in [-0.39, 0.29) is 11.7 Å². The van der Waals surface area contributed by atoms with Gasteiger partial charge in [-0.25, -0.2) is 4.39 Å². The van der Waals surface area contributed by atoms with E-state index < -0.39 is 0 Å². The van der Waals surface area contributed by atoms with Crippen LogP contribution in [0.1, 0.15) is 23.1 Å². The number of nitrogens with zero attached hydrogens (tertiary/aromatic N) is 1. The van der Waals surface area contributed by atoms with E-state index in [1.165, 1.54) is 12.1 Å². The molecule has 0 fully saturated rings. The van der Waals surface area contributed by atoms with Crippen molar-refractivity contribution >= 4 is 17.2 Å². The van der Waals surface area contributed by atoms with Gasteiger partial charge in [0.05, 0.1) is 13.1 Å². The van der Waals surface area contributed by atoms with Crippen molar-refractivity contribution in [1.82, 2.24) is 10.5 Å². The predicted octanol–water partition coefficient (Wildman–Crippen LogP) is 2.57. The van der Waals surface area contributed by atoms with Gasteiger partial charge in [0.1, 0.15) is 18.1 Å². The fraction of sp³-hybridized carbons (Fsp3) is 0.300. The predicted molar refractivity (Wildman–Crippen MR) is 103 cm³/mol. The number of aromatic nitrogens is 1. The Hall–Kier alpha value is -2.51. The molecule has 7 heteroatoms. The summed E-state index contributed by atoms with van der Waals surface area (Å²) >= 11 is 1.63. The quantitative estimate of drug-likeness (QED) is 0.624. The standard InChI is InChI=1S/C20H22FN3O2S/c1-3-24(13-19(25)22-11-17-5-4-10-27-17)12-18-14(2)20(26-23-18)15-6-8-16(21)9-7-15/h4-10H,3,11-13H2,1-2H3,(H,22,25)/p+1. The number of benzene rings is 1. The molecule has 0 saturated carbocycles. The third-order valence-corrected chi connectivity index (χ3v) is 5.37. The zero-order valence-electron chi connectivity index (χ0n) is 15.4. The first-order valence-corrected chi connectivity index (χ1v) is 9.78. The first kappa shape index (κ1) is 19.3. The number of likely N-dealkylation sites (N-methyl/N-ethyl adjacent to an activating group) is 1. The molecule has 5 nitrogen and oxygen atoms in total. The molecule has 2 aromatic heterocycles. The van der Waals surface area contributed by atoms with Crippen molar-refractivity contribution < 1.29 is 18.6 Å². The van der Waals surface area contributed by atoms with Crippen LogP contribution in [0, 0.1) is 12.7 Å². The molecule has 0 saturated heterocycles. The minimum absolute atomic E-state index is 0.0140. The van der Waals surface area contributed by atoms with Gasteiger partial charge in [0.25, 0.3) is 5.91 Å². The molecular weight excluding hydrogens is 365 g/mol. The van der Waals surface area contributed by atoms with Crippen molar-refractivity contribution in [2.24, 2.45) is 0 Å². The summed E-state index contributed by atoms with van der Waals surface area (Å²) in [6.07, 6.45) is 0. The van der Waals surface area contributed by atoms with Crippen molar-refractivity contribution in [3.63, 3.8) is 0 Å². The van der Waals surface area contributed by atoms with Crippen LogP contribution in [-0.2, 0) is 17.9 Å². The lowest BCUT2D eigenvalue weighted by atomic mass is 10.1. The highest BCUT2D eigenvalue weighted by Gasteiger charge is 2.20. The normalized spacial score (nSPS) is 12.1. The number of thiophene rings is 1. The average molecular weight is 388 g/mol. The minimum Gasteiger partial charge on any atom is -0.356 e. The van der Waals surface area contributed by atoms with E-state index in [4.69, 9.17) is 4.52 Å². The zero-order chi connectivity index (χ0) is 19.2. The maximum absolute atomic E-state index is 13.1. The van der Waals surface area contributed by atoms with E-state index in [2.05, 4.69) is 10.5 Å².